The fraction of sp³-hybridized carbons (Fsp3) is 0.361. The van der Waals surface area contributed by atoms with E-state index < -0.39 is 30.8 Å². The monoisotopic (exact) mass is 660 g/mol. The molecule has 1 aliphatic carbocycles. The van der Waals surface area contributed by atoms with Gasteiger partial charge < -0.3 is 25.0 Å². The highest BCUT2D eigenvalue weighted by Crippen LogP contribution is 2.41. The number of phenols is 1. The van der Waals surface area contributed by atoms with Crippen molar-refractivity contribution in [1.82, 2.24) is 15.0 Å². The zero-order valence-corrected chi connectivity index (χ0v) is 26.7. The van der Waals surface area contributed by atoms with Gasteiger partial charge >= 0.3 is 11.9 Å². The fourth-order valence-corrected chi connectivity index (χ4v) is 5.91. The molecule has 0 saturated heterocycles. The number of phenolic OH excluding ortho intramolecular Hbond substituents is 1. The number of carbonyl (C=O) groups is 2. The Morgan fingerprint density at radius 2 is 1.79 bits per heavy atom. The summed E-state index contributed by atoms with van der Waals surface area (Å²) in [4.78, 5) is 38.0. The third-order valence-corrected chi connectivity index (χ3v) is 8.64. The largest absolute Gasteiger partial charge is 0.508 e. The van der Waals surface area contributed by atoms with Gasteiger partial charge in [0.1, 0.15) is 23.0 Å². The maximum absolute atomic E-state index is 13.1. The number of esters is 2. The molecule has 252 valence electrons. The highest BCUT2D eigenvalue weighted by Gasteiger charge is 2.39. The lowest BCUT2D eigenvalue weighted by Crippen LogP contribution is -2.37. The van der Waals surface area contributed by atoms with Crippen LogP contribution in [-0.4, -0.2) is 43.9 Å². The Morgan fingerprint density at radius 1 is 1.00 bits per heavy atom. The molecule has 1 aliphatic rings. The summed E-state index contributed by atoms with van der Waals surface area (Å²) >= 11 is 0. The Balaban J connectivity index is 1.11. The molecule has 0 bridgehead atoms. The second kappa shape index (κ2) is 15.3. The van der Waals surface area contributed by atoms with Crippen molar-refractivity contribution < 1.29 is 38.1 Å². The number of rotatable bonds is 12. The van der Waals surface area contributed by atoms with E-state index in [9.17, 15) is 28.6 Å². The van der Waals surface area contributed by atoms with Crippen LogP contribution in [0.5, 0.6) is 5.75 Å². The van der Waals surface area contributed by atoms with E-state index in [1.807, 2.05) is 19.1 Å². The number of aromatic hydroxyl groups is 1. The van der Waals surface area contributed by atoms with E-state index in [4.69, 9.17) is 9.47 Å². The zero-order chi connectivity index (χ0) is 34.3. The fourth-order valence-electron chi connectivity index (χ4n) is 5.91. The number of anilines is 2. The Bertz CT molecular complexity index is 1730. The highest BCUT2D eigenvalue weighted by molar-refractivity contribution is 5.73. The van der Waals surface area contributed by atoms with E-state index >= 15 is 0 Å². The van der Waals surface area contributed by atoms with Crippen molar-refractivity contribution >= 4 is 23.6 Å². The van der Waals surface area contributed by atoms with Gasteiger partial charge in [-0.15, -0.1) is 0 Å². The van der Waals surface area contributed by atoms with Gasteiger partial charge in [-0.1, -0.05) is 12.1 Å². The van der Waals surface area contributed by atoms with E-state index in [1.165, 1.54) is 18.3 Å². The number of ether oxygens (including phenoxy) is 2. The summed E-state index contributed by atoms with van der Waals surface area (Å²) in [6.07, 6.45) is 3.02. The van der Waals surface area contributed by atoms with Gasteiger partial charge in [-0.05, 0) is 112 Å². The Kier molecular flexibility index (Phi) is 10.9. The summed E-state index contributed by atoms with van der Waals surface area (Å²) in [5.74, 6) is -0.618. The number of halogens is 2. The van der Waals surface area contributed by atoms with Gasteiger partial charge in [0.2, 0.25) is 6.79 Å². The Hall–Kier alpha value is -4.97. The van der Waals surface area contributed by atoms with Crippen molar-refractivity contribution in [2.45, 2.75) is 64.4 Å². The number of hydrogen-bond donors (Lipinski definition) is 3. The van der Waals surface area contributed by atoms with Crippen LogP contribution in [0, 0.1) is 18.8 Å². The molecule has 12 heteroatoms. The number of carbonyl (C=O) groups excluding carboxylic acids is 2. The van der Waals surface area contributed by atoms with Crippen LogP contribution in [0.1, 0.15) is 67.8 Å². The molecule has 3 aromatic heterocycles. The van der Waals surface area contributed by atoms with Crippen molar-refractivity contribution in [3.8, 4) is 17.0 Å². The van der Waals surface area contributed by atoms with E-state index in [0.717, 1.165) is 11.1 Å². The third kappa shape index (κ3) is 8.88. The lowest BCUT2D eigenvalue weighted by Gasteiger charge is -2.37. The van der Waals surface area contributed by atoms with Crippen molar-refractivity contribution in [2.24, 2.45) is 11.8 Å². The lowest BCUT2D eigenvalue weighted by molar-refractivity contribution is -0.171. The van der Waals surface area contributed by atoms with E-state index in [0.29, 0.717) is 54.9 Å². The van der Waals surface area contributed by atoms with Crippen LogP contribution in [0.15, 0.2) is 73.1 Å². The molecule has 3 heterocycles. The summed E-state index contributed by atoms with van der Waals surface area (Å²) in [6, 6.07) is 16.4. The van der Waals surface area contributed by atoms with Crippen LogP contribution >= 0.6 is 0 Å². The normalized spacial score (nSPS) is 17.4. The lowest BCUT2D eigenvalue weighted by atomic mass is 9.73. The first-order chi connectivity index (χ1) is 23.0. The summed E-state index contributed by atoms with van der Waals surface area (Å²) in [5, 5.41) is 24.0. The minimum Gasteiger partial charge on any atom is -0.508 e. The van der Waals surface area contributed by atoms with Gasteiger partial charge in [-0.2, -0.15) is 0 Å². The van der Waals surface area contributed by atoms with Gasteiger partial charge in [-0.3, -0.25) is 14.6 Å². The second-order valence-corrected chi connectivity index (χ2v) is 12.2. The predicted octanol–water partition coefficient (Wildman–Crippen LogP) is 6.92. The first-order valence-electron chi connectivity index (χ1n) is 15.8. The molecule has 3 N–H and O–H groups in total. The molecule has 1 fully saturated rings. The van der Waals surface area contributed by atoms with Crippen molar-refractivity contribution in [3.05, 3.63) is 95.4 Å². The van der Waals surface area contributed by atoms with Crippen LogP contribution in [0.4, 0.5) is 20.4 Å². The van der Waals surface area contributed by atoms with Crippen molar-refractivity contribution in [3.63, 3.8) is 0 Å². The topological polar surface area (TPSA) is 144 Å². The molecule has 1 atom stereocenters. The predicted molar refractivity (Wildman–Crippen MR) is 173 cm³/mol. The average Bonchev–Trinajstić information content (AvgIpc) is 3.07. The molecule has 1 aromatic carbocycles. The van der Waals surface area contributed by atoms with Gasteiger partial charge in [-0.25, -0.2) is 18.7 Å². The minimum absolute atomic E-state index is 0.0915. The quantitative estimate of drug-likeness (QED) is 0.108. The molecule has 0 radical (unpaired) electrons. The smallest absolute Gasteiger partial charge is 0.311 e. The summed E-state index contributed by atoms with van der Waals surface area (Å²) < 4.78 is 36.5. The van der Waals surface area contributed by atoms with Crippen LogP contribution in [0.3, 0.4) is 0 Å². The molecular weight excluding hydrogens is 622 g/mol. The van der Waals surface area contributed by atoms with Crippen LogP contribution < -0.4 is 5.32 Å². The first kappa shape index (κ1) is 34.4. The number of nitrogens with zero attached hydrogens (tertiary/aromatic N) is 3. The molecule has 4 aromatic rings. The Morgan fingerprint density at radius 3 is 2.50 bits per heavy atom. The van der Waals surface area contributed by atoms with Gasteiger partial charge in [0.05, 0.1) is 17.3 Å². The third-order valence-electron chi connectivity index (χ3n) is 8.64. The number of aromatic nitrogens is 3. The van der Waals surface area contributed by atoms with E-state index in [1.54, 1.807) is 49.5 Å². The molecule has 0 unspecified atom stereocenters. The number of aliphatic hydroxyl groups is 1. The summed E-state index contributed by atoms with van der Waals surface area (Å²) in [6.45, 7) is 3.16. The minimum atomic E-state index is -2.61. The molecule has 0 amide bonds. The van der Waals surface area contributed by atoms with Gasteiger partial charge in [0, 0.05) is 29.9 Å². The van der Waals surface area contributed by atoms with Crippen LogP contribution in [0.25, 0.3) is 11.3 Å². The Labute approximate surface area is 277 Å². The van der Waals surface area contributed by atoms with Gasteiger partial charge in [0.25, 0.3) is 6.43 Å². The molecule has 10 nitrogen and oxygen atoms in total. The first-order valence-corrected chi connectivity index (χ1v) is 15.8. The average molecular weight is 661 g/mol. The van der Waals surface area contributed by atoms with Gasteiger partial charge in [0.15, 0.2) is 0 Å². The SMILES string of the molecule is Cc1cc(Nc2cc(C(F)F)ccn2)nc(-c2ccc([C@](C)(O)[C@H]3CC[C@H](C(=O)OCOC(=O)CCc4cccc(O)c4)CC3)nc2)c1. The second-order valence-electron chi connectivity index (χ2n) is 12.2. The van der Waals surface area contributed by atoms with E-state index in [-0.39, 0.29) is 35.4 Å². The number of alkyl halides is 2. The van der Waals surface area contributed by atoms with Crippen LogP contribution in [-0.2, 0) is 31.1 Å². The number of hydrogen-bond acceptors (Lipinski definition) is 10. The molecule has 5 rings (SSSR count). The summed E-state index contributed by atoms with van der Waals surface area (Å²) in [5.41, 5.74) is 2.12. The maximum Gasteiger partial charge on any atom is 0.311 e. The maximum atomic E-state index is 13.1. The molecule has 1 saturated carbocycles. The highest BCUT2D eigenvalue weighted by atomic mass is 19.3. The molecule has 48 heavy (non-hydrogen) atoms. The molecular formula is C36H38F2N4O6. The van der Waals surface area contributed by atoms with Crippen molar-refractivity contribution in [2.75, 3.05) is 12.1 Å². The number of nitrogens with one attached hydrogen (secondary N) is 1. The number of aryl methyl sites for hydroxylation is 2. The molecule has 0 aliphatic heterocycles. The van der Waals surface area contributed by atoms with Crippen LogP contribution in [0.2, 0.25) is 0 Å². The van der Waals surface area contributed by atoms with E-state index in [2.05, 4.69) is 20.3 Å². The number of pyridine rings is 3. The number of benzene rings is 1. The molecule has 0 spiro atoms. The zero-order valence-electron chi connectivity index (χ0n) is 26.7. The standard InChI is InChI=1S/C36H38F2N4O6/c1-22-16-29(41-32(17-22)42-31-19-25(34(37)38)14-15-39-31)26-9-12-30(40-20-26)36(2,46)27-10-7-24(8-11-27)35(45)48-21-47-33(44)13-6-23-4-3-5-28(43)18-23/h3-5,9,12,14-20,24,27,34,43,46H,6-8,10-11,13,21H2,1-2H3,(H,39,41,42)/t24-,27-,36-/m1/s1. The summed E-state index contributed by atoms with van der Waals surface area (Å²) in [7, 11) is 0. The van der Waals surface area contributed by atoms with Crippen molar-refractivity contribution in [1.29, 1.82) is 0 Å².